The molecule has 0 saturated heterocycles. The van der Waals surface area contributed by atoms with Gasteiger partial charge in [-0.25, -0.2) is 4.98 Å². The molecule has 1 N–H and O–H groups in total. The quantitative estimate of drug-likeness (QED) is 0.754. The summed E-state index contributed by atoms with van der Waals surface area (Å²) in [5, 5.41) is 12.5. The highest BCUT2D eigenvalue weighted by Crippen LogP contribution is 2.15. The third-order valence-electron chi connectivity index (χ3n) is 3.61. The standard InChI is InChI=1S/C17H18N2O3S/c1-2-12-4-3-5-14(8-12)22-10-13(20)9-19-11-18-16-15(17(19)21)6-7-23-16/h3-8,11,13,20H,2,9-10H2,1H3/t13-/m0/s1. The molecular weight excluding hydrogens is 312 g/mol. The molecule has 3 rings (SSSR count). The van der Waals surface area contributed by atoms with Crippen LogP contribution >= 0.6 is 11.3 Å². The fourth-order valence-electron chi connectivity index (χ4n) is 2.35. The van der Waals surface area contributed by atoms with Gasteiger partial charge in [-0.1, -0.05) is 19.1 Å². The maximum atomic E-state index is 12.3. The highest BCUT2D eigenvalue weighted by atomic mass is 32.1. The molecule has 1 aromatic carbocycles. The number of aromatic nitrogens is 2. The van der Waals surface area contributed by atoms with Gasteiger partial charge in [-0.2, -0.15) is 0 Å². The third kappa shape index (κ3) is 3.60. The highest BCUT2D eigenvalue weighted by molar-refractivity contribution is 7.16. The average molecular weight is 330 g/mol. The van der Waals surface area contributed by atoms with E-state index >= 15 is 0 Å². The van der Waals surface area contributed by atoms with Gasteiger partial charge in [0.05, 0.1) is 18.3 Å². The molecule has 0 aliphatic heterocycles. The zero-order chi connectivity index (χ0) is 16.2. The molecule has 0 fully saturated rings. The Kier molecular flexibility index (Phi) is 4.73. The van der Waals surface area contributed by atoms with Crippen LogP contribution in [0.25, 0.3) is 10.2 Å². The Morgan fingerprint density at radius 3 is 3.09 bits per heavy atom. The molecule has 5 nitrogen and oxygen atoms in total. The number of aryl methyl sites for hydroxylation is 1. The van der Waals surface area contributed by atoms with Crippen LogP contribution in [0.4, 0.5) is 0 Å². The molecule has 0 aliphatic rings. The molecule has 2 heterocycles. The Hall–Kier alpha value is -2.18. The van der Waals surface area contributed by atoms with Crippen molar-refractivity contribution in [3.05, 3.63) is 58.0 Å². The molecule has 2 aromatic heterocycles. The van der Waals surface area contributed by atoms with Crippen molar-refractivity contribution in [3.8, 4) is 5.75 Å². The summed E-state index contributed by atoms with van der Waals surface area (Å²) in [7, 11) is 0. The van der Waals surface area contributed by atoms with E-state index in [1.165, 1.54) is 27.8 Å². The van der Waals surface area contributed by atoms with Gasteiger partial charge in [0.2, 0.25) is 0 Å². The van der Waals surface area contributed by atoms with Gasteiger partial charge in [0.1, 0.15) is 23.3 Å². The number of benzene rings is 1. The number of nitrogens with zero attached hydrogens (tertiary/aromatic N) is 2. The molecule has 0 aliphatic carbocycles. The van der Waals surface area contributed by atoms with Gasteiger partial charge in [0, 0.05) is 0 Å². The first-order valence-electron chi connectivity index (χ1n) is 7.50. The van der Waals surface area contributed by atoms with Crippen molar-refractivity contribution in [2.75, 3.05) is 6.61 Å². The molecule has 3 aromatic rings. The Bertz CT molecular complexity index is 856. The lowest BCUT2D eigenvalue weighted by Gasteiger charge is -2.14. The molecule has 0 amide bonds. The van der Waals surface area contributed by atoms with Crippen molar-refractivity contribution in [1.82, 2.24) is 9.55 Å². The first kappa shape index (κ1) is 15.7. The van der Waals surface area contributed by atoms with Crippen LogP contribution < -0.4 is 10.3 Å². The summed E-state index contributed by atoms with van der Waals surface area (Å²) in [6.45, 7) is 2.36. The number of hydrogen-bond donors (Lipinski definition) is 1. The lowest BCUT2D eigenvalue weighted by Crippen LogP contribution is -2.30. The summed E-state index contributed by atoms with van der Waals surface area (Å²) in [4.78, 5) is 17.2. The SMILES string of the molecule is CCc1cccc(OC[C@@H](O)Cn2cnc3sccc3c2=O)c1. The van der Waals surface area contributed by atoms with Crippen LogP contribution in [-0.2, 0) is 13.0 Å². The second-order valence-corrected chi connectivity index (χ2v) is 6.20. The Morgan fingerprint density at radius 2 is 2.26 bits per heavy atom. The Morgan fingerprint density at radius 1 is 1.39 bits per heavy atom. The van der Waals surface area contributed by atoms with E-state index in [4.69, 9.17) is 4.74 Å². The van der Waals surface area contributed by atoms with Crippen LogP contribution in [-0.4, -0.2) is 27.4 Å². The minimum Gasteiger partial charge on any atom is -0.491 e. The van der Waals surface area contributed by atoms with Crippen LogP contribution in [0.15, 0.2) is 46.8 Å². The topological polar surface area (TPSA) is 64.3 Å². The van der Waals surface area contributed by atoms with Crippen molar-refractivity contribution in [2.45, 2.75) is 26.0 Å². The van der Waals surface area contributed by atoms with E-state index < -0.39 is 6.10 Å². The van der Waals surface area contributed by atoms with Gasteiger partial charge >= 0.3 is 0 Å². The predicted molar refractivity (Wildman–Crippen MR) is 91.2 cm³/mol. The Balaban J connectivity index is 1.65. The normalized spacial score (nSPS) is 12.4. The molecule has 23 heavy (non-hydrogen) atoms. The molecule has 1 atom stereocenters. The molecule has 0 bridgehead atoms. The number of thiophene rings is 1. The molecule has 6 heteroatoms. The molecule has 0 saturated carbocycles. The minimum atomic E-state index is -0.782. The monoisotopic (exact) mass is 330 g/mol. The second-order valence-electron chi connectivity index (χ2n) is 5.31. The molecule has 120 valence electrons. The summed E-state index contributed by atoms with van der Waals surface area (Å²) >= 11 is 1.43. The van der Waals surface area contributed by atoms with E-state index in [1.807, 2.05) is 29.6 Å². The largest absolute Gasteiger partial charge is 0.491 e. The maximum absolute atomic E-state index is 12.3. The molecule has 0 unspecified atom stereocenters. The van der Waals surface area contributed by atoms with Gasteiger partial charge in [0.25, 0.3) is 5.56 Å². The summed E-state index contributed by atoms with van der Waals surface area (Å²) in [6.07, 6.45) is 1.62. The summed E-state index contributed by atoms with van der Waals surface area (Å²) < 4.78 is 7.03. The predicted octanol–water partition coefficient (Wildman–Crippen LogP) is 2.46. The fraction of sp³-hybridized carbons (Fsp3) is 0.294. The van der Waals surface area contributed by atoms with E-state index in [2.05, 4.69) is 11.9 Å². The van der Waals surface area contributed by atoms with E-state index in [0.717, 1.165) is 12.2 Å². The van der Waals surface area contributed by atoms with E-state index in [0.29, 0.717) is 10.2 Å². The second kappa shape index (κ2) is 6.93. The summed E-state index contributed by atoms with van der Waals surface area (Å²) in [5.41, 5.74) is 1.04. The van der Waals surface area contributed by atoms with Crippen molar-refractivity contribution < 1.29 is 9.84 Å². The molecule has 0 spiro atoms. The number of hydrogen-bond acceptors (Lipinski definition) is 5. The van der Waals surface area contributed by atoms with Crippen molar-refractivity contribution in [1.29, 1.82) is 0 Å². The maximum Gasteiger partial charge on any atom is 0.262 e. The van der Waals surface area contributed by atoms with Crippen molar-refractivity contribution in [2.24, 2.45) is 0 Å². The average Bonchev–Trinajstić information content (AvgIpc) is 3.05. The summed E-state index contributed by atoms with van der Waals surface area (Å²) in [6, 6.07) is 9.53. The van der Waals surface area contributed by atoms with Gasteiger partial charge in [-0.05, 0) is 35.6 Å². The zero-order valence-electron chi connectivity index (χ0n) is 12.8. The lowest BCUT2D eigenvalue weighted by atomic mass is 10.2. The van der Waals surface area contributed by atoms with Crippen LogP contribution in [0, 0.1) is 0 Å². The van der Waals surface area contributed by atoms with Crippen LogP contribution in [0.2, 0.25) is 0 Å². The molecule has 0 radical (unpaired) electrons. The van der Waals surface area contributed by atoms with Crippen molar-refractivity contribution >= 4 is 21.6 Å². The number of aliphatic hydroxyl groups is 1. The van der Waals surface area contributed by atoms with Crippen LogP contribution in [0.3, 0.4) is 0 Å². The van der Waals surface area contributed by atoms with E-state index in [-0.39, 0.29) is 18.7 Å². The zero-order valence-corrected chi connectivity index (χ0v) is 13.6. The first-order valence-corrected chi connectivity index (χ1v) is 8.37. The number of ether oxygens (including phenoxy) is 1. The lowest BCUT2D eigenvalue weighted by molar-refractivity contribution is 0.0914. The van der Waals surface area contributed by atoms with E-state index in [1.54, 1.807) is 6.07 Å². The minimum absolute atomic E-state index is 0.126. The van der Waals surface area contributed by atoms with Crippen LogP contribution in [0.5, 0.6) is 5.75 Å². The van der Waals surface area contributed by atoms with Crippen molar-refractivity contribution in [3.63, 3.8) is 0 Å². The van der Waals surface area contributed by atoms with E-state index in [9.17, 15) is 9.90 Å². The third-order valence-corrected chi connectivity index (χ3v) is 4.43. The van der Waals surface area contributed by atoms with Gasteiger partial charge in [-0.15, -0.1) is 11.3 Å². The molecular formula is C17H18N2O3S. The summed E-state index contributed by atoms with van der Waals surface area (Å²) in [5.74, 6) is 0.724. The van der Waals surface area contributed by atoms with Crippen LogP contribution in [0.1, 0.15) is 12.5 Å². The van der Waals surface area contributed by atoms with Gasteiger partial charge in [0.15, 0.2) is 0 Å². The van der Waals surface area contributed by atoms with Gasteiger partial charge in [-0.3, -0.25) is 9.36 Å². The van der Waals surface area contributed by atoms with Gasteiger partial charge < -0.3 is 9.84 Å². The smallest absolute Gasteiger partial charge is 0.262 e. The number of aliphatic hydroxyl groups excluding tert-OH is 1. The number of rotatable bonds is 6. The highest BCUT2D eigenvalue weighted by Gasteiger charge is 2.11. The number of fused-ring (bicyclic) bond motifs is 1. The first-order chi connectivity index (χ1) is 11.2. The fourth-order valence-corrected chi connectivity index (χ4v) is 3.07. The Labute approximate surface area is 137 Å².